The molecular formula is C12H13Cl2NO. The van der Waals surface area contributed by atoms with Crippen LogP contribution in [0.25, 0.3) is 0 Å². The third kappa shape index (κ3) is 1.80. The number of hydrogen-bond donors (Lipinski definition) is 0. The SMILES string of the molecule is CC1(C)CN(C(=O)CCl)c2cc(Cl)ccc21. The number of hydrogen-bond acceptors (Lipinski definition) is 1. The summed E-state index contributed by atoms with van der Waals surface area (Å²) in [5, 5.41) is 0.642. The monoisotopic (exact) mass is 257 g/mol. The summed E-state index contributed by atoms with van der Waals surface area (Å²) in [5.74, 6) is -0.0714. The van der Waals surface area contributed by atoms with Gasteiger partial charge >= 0.3 is 0 Å². The van der Waals surface area contributed by atoms with Gasteiger partial charge in [0.1, 0.15) is 5.88 Å². The lowest BCUT2D eigenvalue weighted by Crippen LogP contribution is -2.34. The van der Waals surface area contributed by atoms with Gasteiger partial charge in [-0.3, -0.25) is 4.79 Å². The van der Waals surface area contributed by atoms with Crippen molar-refractivity contribution in [2.75, 3.05) is 17.3 Å². The van der Waals surface area contributed by atoms with Crippen molar-refractivity contribution in [3.63, 3.8) is 0 Å². The fourth-order valence-electron chi connectivity index (χ4n) is 2.16. The van der Waals surface area contributed by atoms with Crippen LogP contribution in [0.1, 0.15) is 19.4 Å². The number of fused-ring (bicyclic) bond motifs is 1. The quantitative estimate of drug-likeness (QED) is 0.708. The van der Waals surface area contributed by atoms with Crippen LogP contribution in [-0.2, 0) is 10.2 Å². The van der Waals surface area contributed by atoms with Crippen molar-refractivity contribution in [2.45, 2.75) is 19.3 Å². The molecule has 0 N–H and O–H groups in total. The van der Waals surface area contributed by atoms with Gasteiger partial charge in [0.05, 0.1) is 0 Å². The fraction of sp³-hybridized carbons (Fsp3) is 0.417. The van der Waals surface area contributed by atoms with Crippen LogP contribution in [0.3, 0.4) is 0 Å². The highest BCUT2D eigenvalue weighted by atomic mass is 35.5. The summed E-state index contributed by atoms with van der Waals surface area (Å²) in [6.07, 6.45) is 0. The summed E-state index contributed by atoms with van der Waals surface area (Å²) in [6.45, 7) is 4.89. The first kappa shape index (κ1) is 11.7. The van der Waals surface area contributed by atoms with Crippen LogP contribution in [0.4, 0.5) is 5.69 Å². The molecule has 4 heteroatoms. The number of amides is 1. The summed E-state index contributed by atoms with van der Waals surface area (Å²) in [5.41, 5.74) is 2.00. The van der Waals surface area contributed by atoms with Gasteiger partial charge in [-0.2, -0.15) is 0 Å². The molecule has 0 saturated carbocycles. The van der Waals surface area contributed by atoms with Gasteiger partial charge in [-0.25, -0.2) is 0 Å². The minimum Gasteiger partial charge on any atom is -0.310 e. The second-order valence-electron chi connectivity index (χ2n) is 4.66. The van der Waals surface area contributed by atoms with Crippen LogP contribution in [0, 0.1) is 0 Å². The summed E-state index contributed by atoms with van der Waals surface area (Å²) in [6, 6.07) is 5.67. The van der Waals surface area contributed by atoms with E-state index >= 15 is 0 Å². The third-order valence-corrected chi connectivity index (χ3v) is 3.41. The highest BCUT2D eigenvalue weighted by Crippen LogP contribution is 2.41. The van der Waals surface area contributed by atoms with Gasteiger partial charge in [0, 0.05) is 22.7 Å². The Morgan fingerprint density at radius 2 is 2.19 bits per heavy atom. The van der Waals surface area contributed by atoms with Gasteiger partial charge in [0.15, 0.2) is 0 Å². The summed E-state index contributed by atoms with van der Waals surface area (Å²) in [4.78, 5) is 13.4. The predicted octanol–water partition coefficient (Wildman–Crippen LogP) is 3.20. The van der Waals surface area contributed by atoms with Crippen molar-refractivity contribution >= 4 is 34.8 Å². The van der Waals surface area contributed by atoms with Crippen molar-refractivity contribution in [1.82, 2.24) is 0 Å². The topological polar surface area (TPSA) is 20.3 Å². The molecule has 86 valence electrons. The van der Waals surface area contributed by atoms with Crippen LogP contribution in [0.15, 0.2) is 18.2 Å². The number of alkyl halides is 1. The largest absolute Gasteiger partial charge is 0.310 e. The lowest BCUT2D eigenvalue weighted by atomic mass is 9.87. The number of carbonyl (C=O) groups excluding carboxylic acids is 1. The molecule has 0 fully saturated rings. The molecule has 0 atom stereocenters. The summed E-state index contributed by atoms with van der Waals surface area (Å²) < 4.78 is 0. The summed E-state index contributed by atoms with van der Waals surface area (Å²) in [7, 11) is 0. The number of benzene rings is 1. The van der Waals surface area contributed by atoms with E-state index in [4.69, 9.17) is 23.2 Å². The number of carbonyl (C=O) groups is 1. The first-order chi connectivity index (χ1) is 7.45. The molecule has 1 aromatic rings. The average Bonchev–Trinajstić information content (AvgIpc) is 2.49. The van der Waals surface area contributed by atoms with Crippen molar-refractivity contribution < 1.29 is 4.79 Å². The molecule has 16 heavy (non-hydrogen) atoms. The van der Waals surface area contributed by atoms with Crippen LogP contribution in [-0.4, -0.2) is 18.3 Å². The maximum atomic E-state index is 11.7. The molecule has 0 saturated heterocycles. The molecule has 2 nitrogen and oxygen atoms in total. The molecule has 1 amide bonds. The molecule has 1 heterocycles. The van der Waals surface area contributed by atoms with E-state index in [0.717, 1.165) is 11.3 Å². The first-order valence-corrected chi connectivity index (χ1v) is 6.03. The zero-order valence-electron chi connectivity index (χ0n) is 9.26. The standard InChI is InChI=1S/C12H13Cl2NO/c1-12(2)7-15(11(16)6-13)10-5-8(14)3-4-9(10)12/h3-5H,6-7H2,1-2H3. The molecule has 1 aromatic carbocycles. The molecule has 0 bridgehead atoms. The Morgan fingerprint density at radius 3 is 2.81 bits per heavy atom. The molecule has 0 unspecified atom stereocenters. The Labute approximate surface area is 105 Å². The van der Waals surface area contributed by atoms with E-state index in [2.05, 4.69) is 13.8 Å². The van der Waals surface area contributed by atoms with Gasteiger partial charge in [0.25, 0.3) is 0 Å². The minimum absolute atomic E-state index is 0.00202. The highest BCUT2D eigenvalue weighted by Gasteiger charge is 2.37. The van der Waals surface area contributed by atoms with E-state index < -0.39 is 0 Å². The van der Waals surface area contributed by atoms with Crippen molar-refractivity contribution in [3.05, 3.63) is 28.8 Å². The van der Waals surface area contributed by atoms with E-state index in [1.165, 1.54) is 0 Å². The predicted molar refractivity (Wildman–Crippen MR) is 67.6 cm³/mol. The maximum Gasteiger partial charge on any atom is 0.241 e. The van der Waals surface area contributed by atoms with E-state index in [-0.39, 0.29) is 17.2 Å². The van der Waals surface area contributed by atoms with Crippen LogP contribution >= 0.6 is 23.2 Å². The zero-order valence-corrected chi connectivity index (χ0v) is 10.8. The third-order valence-electron chi connectivity index (χ3n) is 2.95. The van der Waals surface area contributed by atoms with E-state index in [0.29, 0.717) is 11.6 Å². The van der Waals surface area contributed by atoms with Gasteiger partial charge in [0.2, 0.25) is 5.91 Å². The summed E-state index contributed by atoms with van der Waals surface area (Å²) >= 11 is 11.6. The Hall–Kier alpha value is -0.730. The minimum atomic E-state index is -0.0734. The second kappa shape index (κ2) is 3.94. The van der Waals surface area contributed by atoms with Crippen molar-refractivity contribution in [3.8, 4) is 0 Å². The maximum absolute atomic E-state index is 11.7. The molecule has 0 radical (unpaired) electrons. The first-order valence-electron chi connectivity index (χ1n) is 5.12. The second-order valence-corrected chi connectivity index (χ2v) is 5.36. The fourth-order valence-corrected chi connectivity index (χ4v) is 2.47. The number of halogens is 2. The Kier molecular flexibility index (Phi) is 2.89. The van der Waals surface area contributed by atoms with Crippen molar-refractivity contribution in [1.29, 1.82) is 0 Å². The van der Waals surface area contributed by atoms with Gasteiger partial charge in [-0.15, -0.1) is 11.6 Å². The average molecular weight is 258 g/mol. The van der Waals surface area contributed by atoms with Crippen LogP contribution in [0.5, 0.6) is 0 Å². The van der Waals surface area contributed by atoms with E-state index in [1.54, 1.807) is 4.90 Å². The normalized spacial score (nSPS) is 17.4. The van der Waals surface area contributed by atoms with Gasteiger partial charge in [-0.05, 0) is 17.7 Å². The smallest absolute Gasteiger partial charge is 0.241 e. The molecule has 2 rings (SSSR count). The van der Waals surface area contributed by atoms with E-state index in [9.17, 15) is 4.79 Å². The molecule has 1 aliphatic heterocycles. The van der Waals surface area contributed by atoms with Gasteiger partial charge < -0.3 is 4.90 Å². The Balaban J connectivity index is 2.52. The number of nitrogens with zero attached hydrogens (tertiary/aromatic N) is 1. The van der Waals surface area contributed by atoms with E-state index in [1.807, 2.05) is 18.2 Å². The Morgan fingerprint density at radius 1 is 1.50 bits per heavy atom. The Bertz CT molecular complexity index is 443. The molecule has 0 spiro atoms. The molecule has 1 aliphatic rings. The van der Waals surface area contributed by atoms with Gasteiger partial charge in [-0.1, -0.05) is 31.5 Å². The highest BCUT2D eigenvalue weighted by molar-refractivity contribution is 6.31. The molecule has 0 aromatic heterocycles. The van der Waals surface area contributed by atoms with Crippen LogP contribution < -0.4 is 4.90 Å². The molecular weight excluding hydrogens is 245 g/mol. The lowest BCUT2D eigenvalue weighted by Gasteiger charge is -2.19. The lowest BCUT2D eigenvalue weighted by molar-refractivity contribution is -0.116. The zero-order chi connectivity index (χ0) is 11.9. The van der Waals surface area contributed by atoms with Crippen LogP contribution in [0.2, 0.25) is 5.02 Å². The number of rotatable bonds is 1. The van der Waals surface area contributed by atoms with Crippen molar-refractivity contribution in [2.24, 2.45) is 0 Å². The molecule has 0 aliphatic carbocycles. The number of anilines is 1.